The summed E-state index contributed by atoms with van der Waals surface area (Å²) in [5.74, 6) is 0.965. The first-order valence-corrected chi connectivity index (χ1v) is 13.2. The van der Waals surface area contributed by atoms with Crippen molar-refractivity contribution >= 4 is 45.0 Å². The molecule has 1 saturated heterocycles. The number of hydrogen-bond donors (Lipinski definition) is 1. The molecule has 2 aromatic carbocycles. The summed E-state index contributed by atoms with van der Waals surface area (Å²) in [6.07, 6.45) is 11.0. The van der Waals surface area contributed by atoms with Crippen molar-refractivity contribution in [3.8, 4) is 0 Å². The Hall–Kier alpha value is -2.94. The number of fused-ring (bicyclic) bond motifs is 3. The fraction of sp³-hybridized carbons (Fsp3) is 0.269. The molecule has 0 saturated carbocycles. The van der Waals surface area contributed by atoms with E-state index in [2.05, 4.69) is 56.1 Å². The maximum Gasteiger partial charge on any atom is 0.211 e. The number of hydrogen-bond acceptors (Lipinski definition) is 7. The highest BCUT2D eigenvalue weighted by Gasteiger charge is 2.46. The molecular weight excluding hydrogens is 460 g/mol. The molecular formula is C26H24N6S2. The van der Waals surface area contributed by atoms with Gasteiger partial charge in [-0.1, -0.05) is 48.2 Å². The van der Waals surface area contributed by atoms with Crippen molar-refractivity contribution in [2.24, 2.45) is 11.1 Å². The van der Waals surface area contributed by atoms with Crippen molar-refractivity contribution in [2.45, 2.75) is 35.1 Å². The Bertz CT molecular complexity index is 1510. The molecule has 34 heavy (non-hydrogen) atoms. The second-order valence-corrected chi connectivity index (χ2v) is 11.2. The molecule has 8 heteroatoms. The van der Waals surface area contributed by atoms with Crippen LogP contribution in [0.5, 0.6) is 0 Å². The van der Waals surface area contributed by atoms with Crippen molar-refractivity contribution in [3.63, 3.8) is 0 Å². The highest BCUT2D eigenvalue weighted by molar-refractivity contribution is 8.00. The average Bonchev–Trinajstić information content (AvgIpc) is 3.60. The van der Waals surface area contributed by atoms with E-state index in [-0.39, 0.29) is 11.5 Å². The molecule has 1 spiro atoms. The van der Waals surface area contributed by atoms with Gasteiger partial charge in [0, 0.05) is 54.2 Å². The molecule has 1 fully saturated rings. The highest BCUT2D eigenvalue weighted by Crippen LogP contribution is 2.51. The zero-order valence-electron chi connectivity index (χ0n) is 18.6. The molecule has 6 nitrogen and oxygen atoms in total. The van der Waals surface area contributed by atoms with Crippen molar-refractivity contribution in [3.05, 3.63) is 78.4 Å². The van der Waals surface area contributed by atoms with E-state index < -0.39 is 0 Å². The van der Waals surface area contributed by atoms with Crippen molar-refractivity contribution in [1.82, 2.24) is 18.7 Å². The smallest absolute Gasteiger partial charge is 0.211 e. The largest absolute Gasteiger partial charge is 0.342 e. The second kappa shape index (κ2) is 7.80. The minimum atomic E-state index is 0.125. The van der Waals surface area contributed by atoms with Gasteiger partial charge in [0.25, 0.3) is 0 Å². The van der Waals surface area contributed by atoms with Crippen LogP contribution < -0.4 is 10.6 Å². The third kappa shape index (κ3) is 3.09. The summed E-state index contributed by atoms with van der Waals surface area (Å²) in [6.45, 7) is 1.91. The van der Waals surface area contributed by atoms with Crippen molar-refractivity contribution in [1.29, 1.82) is 0 Å². The summed E-state index contributed by atoms with van der Waals surface area (Å²) in [5.41, 5.74) is 10.7. The third-order valence-electron chi connectivity index (χ3n) is 7.57. The summed E-state index contributed by atoms with van der Waals surface area (Å²) in [5, 5.41) is 1.17. The van der Waals surface area contributed by atoms with Gasteiger partial charge < -0.3 is 10.6 Å². The van der Waals surface area contributed by atoms with E-state index in [4.69, 9.17) is 15.7 Å². The topological polar surface area (TPSA) is 72.3 Å². The number of aromatic nitrogens is 4. The van der Waals surface area contributed by atoms with Crippen LogP contribution in [-0.2, 0) is 6.42 Å². The molecule has 0 amide bonds. The molecule has 5 aromatic rings. The third-order valence-corrected chi connectivity index (χ3v) is 9.62. The summed E-state index contributed by atoms with van der Waals surface area (Å²) in [6, 6.07) is 15.2. The van der Waals surface area contributed by atoms with Gasteiger partial charge in [0.15, 0.2) is 5.65 Å². The summed E-state index contributed by atoms with van der Waals surface area (Å²) in [4.78, 5) is 14.3. The van der Waals surface area contributed by atoms with Crippen LogP contribution in [0.15, 0.2) is 77.0 Å². The summed E-state index contributed by atoms with van der Waals surface area (Å²) in [7, 11) is 0. The molecule has 1 aliphatic carbocycles. The van der Waals surface area contributed by atoms with Crippen molar-refractivity contribution < 1.29 is 0 Å². The van der Waals surface area contributed by atoms with Gasteiger partial charge in [-0.25, -0.2) is 9.97 Å². The normalized spacial score (nSPS) is 19.3. The van der Waals surface area contributed by atoms with E-state index in [9.17, 15) is 0 Å². The van der Waals surface area contributed by atoms with E-state index in [0.29, 0.717) is 0 Å². The van der Waals surface area contributed by atoms with Crippen LogP contribution in [0, 0.1) is 5.41 Å². The maximum absolute atomic E-state index is 6.78. The van der Waals surface area contributed by atoms with E-state index >= 15 is 0 Å². The average molecular weight is 485 g/mol. The molecule has 2 N–H and O–H groups in total. The number of benzene rings is 2. The Labute approximate surface area is 206 Å². The lowest BCUT2D eigenvalue weighted by molar-refractivity contribution is 0.186. The Morgan fingerprint density at radius 3 is 2.76 bits per heavy atom. The molecule has 4 heterocycles. The number of nitrogens with zero attached hydrogens (tertiary/aromatic N) is 5. The lowest BCUT2D eigenvalue weighted by Gasteiger charge is -2.42. The van der Waals surface area contributed by atoms with Gasteiger partial charge in [-0.05, 0) is 53.4 Å². The highest BCUT2D eigenvalue weighted by atomic mass is 32.2. The lowest BCUT2D eigenvalue weighted by Crippen LogP contribution is -2.45. The Kier molecular flexibility index (Phi) is 4.69. The van der Waals surface area contributed by atoms with E-state index in [1.807, 2.05) is 24.8 Å². The molecule has 170 valence electrons. The summed E-state index contributed by atoms with van der Waals surface area (Å²) < 4.78 is 7.70. The minimum Gasteiger partial charge on any atom is -0.342 e. The first-order chi connectivity index (χ1) is 16.7. The quantitative estimate of drug-likeness (QED) is 0.373. The minimum absolute atomic E-state index is 0.125. The van der Waals surface area contributed by atoms with Gasteiger partial charge >= 0.3 is 0 Å². The SMILES string of the molecule is N[C@@H]1c2ccccc2CC12CCN(c1ncc(Sc3cccc4cnsc34)c3nccn13)CC2. The standard InChI is InChI=1S/C26H24N6S2/c27-23-19-6-2-1-4-17(19)14-26(23)8-11-31(12-9-26)25-29-16-21(24-28-10-13-32(24)25)33-20-7-3-5-18-15-30-34-22(18)20/h1-7,10,13,15-16,23H,8-9,11-12,14,27H2/t23-/m1/s1. The predicted molar refractivity (Wildman–Crippen MR) is 138 cm³/mol. The van der Waals surface area contributed by atoms with Crippen LogP contribution in [0.3, 0.4) is 0 Å². The molecule has 0 radical (unpaired) electrons. The van der Waals surface area contributed by atoms with Gasteiger partial charge in [0.1, 0.15) is 0 Å². The van der Waals surface area contributed by atoms with E-state index in [0.717, 1.165) is 48.8 Å². The van der Waals surface area contributed by atoms with Gasteiger partial charge in [-0.3, -0.25) is 4.40 Å². The van der Waals surface area contributed by atoms with Gasteiger partial charge in [0.2, 0.25) is 5.95 Å². The molecule has 7 rings (SSSR count). The monoisotopic (exact) mass is 484 g/mol. The van der Waals surface area contributed by atoms with Crippen LogP contribution in [0.1, 0.15) is 30.0 Å². The van der Waals surface area contributed by atoms with Crippen LogP contribution in [-0.4, -0.2) is 31.8 Å². The number of piperidine rings is 1. The van der Waals surface area contributed by atoms with Crippen LogP contribution in [0.25, 0.3) is 15.7 Å². The Balaban J connectivity index is 1.16. The maximum atomic E-state index is 6.78. The van der Waals surface area contributed by atoms with E-state index in [1.54, 1.807) is 11.8 Å². The number of imidazole rings is 1. The zero-order valence-corrected chi connectivity index (χ0v) is 20.2. The molecule has 1 aliphatic heterocycles. The van der Waals surface area contributed by atoms with Crippen LogP contribution in [0.2, 0.25) is 0 Å². The van der Waals surface area contributed by atoms with Crippen molar-refractivity contribution in [2.75, 3.05) is 18.0 Å². The summed E-state index contributed by atoms with van der Waals surface area (Å²) >= 11 is 3.24. The van der Waals surface area contributed by atoms with Crippen LogP contribution >= 0.6 is 23.3 Å². The fourth-order valence-corrected chi connectivity index (χ4v) is 7.55. The number of rotatable bonds is 3. The first kappa shape index (κ1) is 20.4. The second-order valence-electron chi connectivity index (χ2n) is 9.35. The lowest BCUT2D eigenvalue weighted by atomic mass is 9.73. The Morgan fingerprint density at radius 1 is 1.00 bits per heavy atom. The van der Waals surface area contributed by atoms with Gasteiger partial charge in [-0.15, -0.1) is 0 Å². The molecule has 1 atom stereocenters. The van der Waals surface area contributed by atoms with Gasteiger partial charge in [0.05, 0.1) is 9.60 Å². The predicted octanol–water partition coefficient (Wildman–Crippen LogP) is 5.33. The van der Waals surface area contributed by atoms with Gasteiger partial charge in [-0.2, -0.15) is 4.37 Å². The molecule has 0 bridgehead atoms. The van der Waals surface area contributed by atoms with E-state index in [1.165, 1.54) is 37.6 Å². The number of anilines is 1. The number of nitrogens with two attached hydrogens (primary N) is 1. The molecule has 0 unspecified atom stereocenters. The Morgan fingerprint density at radius 2 is 1.88 bits per heavy atom. The molecule has 2 aliphatic rings. The first-order valence-electron chi connectivity index (χ1n) is 11.6. The fourth-order valence-electron chi connectivity index (χ4n) is 5.71. The molecule has 3 aromatic heterocycles. The zero-order chi connectivity index (χ0) is 22.7. The van der Waals surface area contributed by atoms with Crippen LogP contribution in [0.4, 0.5) is 5.95 Å².